The molecule has 0 aromatic heterocycles. The molecule has 3 N–H and O–H groups in total. The number of quaternary nitrogens is 1. The molecule has 0 aliphatic carbocycles. The Morgan fingerprint density at radius 3 is 2.59 bits per heavy atom. The van der Waals surface area contributed by atoms with E-state index < -0.39 is 0 Å². The molecule has 3 rings (SSSR count). The van der Waals surface area contributed by atoms with Gasteiger partial charge in [0.05, 0.1) is 24.3 Å². The van der Waals surface area contributed by atoms with E-state index >= 15 is 0 Å². The first-order valence-electron chi connectivity index (χ1n) is 9.30. The Bertz CT molecular complexity index is 807. The third-order valence-electron chi connectivity index (χ3n) is 4.82. The molecule has 2 aromatic carbocycles. The maximum atomic E-state index is 13.0. The van der Waals surface area contributed by atoms with Crippen molar-refractivity contribution in [2.24, 2.45) is 5.92 Å². The van der Waals surface area contributed by atoms with E-state index in [1.54, 1.807) is 24.3 Å². The van der Waals surface area contributed by atoms with Crippen LogP contribution in [-0.2, 0) is 4.79 Å². The number of nitrogens with one attached hydrogen (secondary N) is 3. The van der Waals surface area contributed by atoms with Gasteiger partial charge in [0.25, 0.3) is 11.8 Å². The third-order valence-corrected chi connectivity index (χ3v) is 4.82. The number of likely N-dealkylation sites (tertiary alicyclic amines) is 1. The molecule has 2 aromatic rings. The summed E-state index contributed by atoms with van der Waals surface area (Å²) >= 11 is 0. The second-order valence-electron chi connectivity index (χ2n) is 7.18. The van der Waals surface area contributed by atoms with Crippen LogP contribution in [0.3, 0.4) is 0 Å². The molecule has 0 saturated carbocycles. The monoisotopic (exact) mass is 370 g/mol. The lowest BCUT2D eigenvalue weighted by molar-refractivity contribution is -0.900. The molecule has 6 heteroatoms. The van der Waals surface area contributed by atoms with Crippen molar-refractivity contribution in [3.63, 3.8) is 0 Å². The van der Waals surface area contributed by atoms with Crippen LogP contribution in [0.1, 0.15) is 30.1 Å². The second kappa shape index (κ2) is 8.77. The Morgan fingerprint density at radius 2 is 1.85 bits per heavy atom. The van der Waals surface area contributed by atoms with Crippen molar-refractivity contribution in [3.05, 3.63) is 59.9 Å². The standard InChI is InChI=1S/C21H24FN3O2/c1-15-5-4-12-25(13-15)14-20(26)24-19-7-3-2-6-18(19)21(27)23-17-10-8-16(22)9-11-17/h2-3,6-11,15H,4-5,12-14H2,1H3,(H,23,27)(H,24,26)/p+1/t15-/m0/s1. The molecule has 1 aliphatic rings. The summed E-state index contributed by atoms with van der Waals surface area (Å²) in [5.41, 5.74) is 1.35. The minimum Gasteiger partial charge on any atom is -0.327 e. The average Bonchev–Trinajstić information content (AvgIpc) is 2.64. The highest BCUT2D eigenvalue weighted by Crippen LogP contribution is 2.17. The molecule has 1 unspecified atom stereocenters. The van der Waals surface area contributed by atoms with Gasteiger partial charge < -0.3 is 15.5 Å². The summed E-state index contributed by atoms with van der Waals surface area (Å²) < 4.78 is 13.0. The first-order chi connectivity index (χ1) is 13.0. The maximum Gasteiger partial charge on any atom is 0.279 e. The largest absolute Gasteiger partial charge is 0.327 e. The van der Waals surface area contributed by atoms with E-state index in [9.17, 15) is 14.0 Å². The summed E-state index contributed by atoms with van der Waals surface area (Å²) in [5, 5.41) is 5.59. The molecule has 1 aliphatic heterocycles. The lowest BCUT2D eigenvalue weighted by atomic mass is 10.0. The van der Waals surface area contributed by atoms with E-state index in [1.165, 1.54) is 35.6 Å². The molecular formula is C21H25FN3O2+. The van der Waals surface area contributed by atoms with Crippen LogP contribution in [0.15, 0.2) is 48.5 Å². The number of benzene rings is 2. The Morgan fingerprint density at radius 1 is 1.11 bits per heavy atom. The number of halogens is 1. The summed E-state index contributed by atoms with van der Waals surface area (Å²) in [6.07, 6.45) is 2.36. The summed E-state index contributed by atoms with van der Waals surface area (Å²) in [5.74, 6) is -0.178. The van der Waals surface area contributed by atoms with Gasteiger partial charge >= 0.3 is 0 Å². The molecule has 2 amide bonds. The van der Waals surface area contributed by atoms with Gasteiger partial charge in [-0.1, -0.05) is 19.1 Å². The highest BCUT2D eigenvalue weighted by atomic mass is 19.1. The van der Waals surface area contributed by atoms with Crippen molar-refractivity contribution < 1.29 is 18.9 Å². The number of rotatable bonds is 5. The summed E-state index contributed by atoms with van der Waals surface area (Å²) in [6.45, 7) is 4.62. The zero-order valence-corrected chi connectivity index (χ0v) is 15.4. The molecule has 5 nitrogen and oxygen atoms in total. The van der Waals surface area contributed by atoms with Crippen LogP contribution >= 0.6 is 0 Å². The highest BCUT2D eigenvalue weighted by Gasteiger charge is 2.22. The van der Waals surface area contributed by atoms with Gasteiger partial charge in [0, 0.05) is 11.6 Å². The van der Waals surface area contributed by atoms with E-state index in [1.807, 2.05) is 0 Å². The topological polar surface area (TPSA) is 62.6 Å². The molecular weight excluding hydrogens is 345 g/mol. The van der Waals surface area contributed by atoms with Gasteiger partial charge in [0.1, 0.15) is 5.82 Å². The highest BCUT2D eigenvalue weighted by molar-refractivity contribution is 6.10. The predicted molar refractivity (Wildman–Crippen MR) is 103 cm³/mol. The van der Waals surface area contributed by atoms with Crippen LogP contribution in [0.4, 0.5) is 15.8 Å². The Kier molecular flexibility index (Phi) is 6.19. The van der Waals surface area contributed by atoms with Crippen molar-refractivity contribution in [1.29, 1.82) is 0 Å². The number of carbonyl (C=O) groups excluding carboxylic acids is 2. The van der Waals surface area contributed by atoms with Crippen LogP contribution in [0, 0.1) is 11.7 Å². The van der Waals surface area contributed by atoms with Gasteiger partial charge in [-0.2, -0.15) is 0 Å². The Labute approximate surface area is 158 Å². The number of para-hydroxylation sites is 1. The summed E-state index contributed by atoms with van der Waals surface area (Å²) in [6, 6.07) is 12.4. The normalized spacial score (nSPS) is 19.3. The fraction of sp³-hybridized carbons (Fsp3) is 0.333. The number of carbonyl (C=O) groups is 2. The van der Waals surface area contributed by atoms with Crippen LogP contribution in [0.25, 0.3) is 0 Å². The summed E-state index contributed by atoms with van der Waals surface area (Å²) in [4.78, 5) is 26.3. The van der Waals surface area contributed by atoms with Crippen molar-refractivity contribution in [2.75, 3.05) is 30.3 Å². The van der Waals surface area contributed by atoms with Crippen LogP contribution in [-0.4, -0.2) is 31.4 Å². The number of piperidine rings is 1. The predicted octanol–water partition coefficient (Wildman–Crippen LogP) is 2.33. The number of anilines is 2. The fourth-order valence-corrected chi connectivity index (χ4v) is 3.50. The zero-order chi connectivity index (χ0) is 19.2. The minimum absolute atomic E-state index is 0.0962. The third kappa shape index (κ3) is 5.37. The van der Waals surface area contributed by atoms with E-state index in [2.05, 4.69) is 17.6 Å². The molecule has 0 bridgehead atoms. The van der Waals surface area contributed by atoms with Crippen LogP contribution in [0.2, 0.25) is 0 Å². The lowest BCUT2D eigenvalue weighted by Gasteiger charge is -2.27. The van der Waals surface area contributed by atoms with E-state index in [4.69, 9.17) is 0 Å². The van der Waals surface area contributed by atoms with Gasteiger partial charge in [0.15, 0.2) is 6.54 Å². The van der Waals surface area contributed by atoms with Gasteiger partial charge in [-0.05, 0) is 49.2 Å². The number of hydrogen-bond acceptors (Lipinski definition) is 2. The van der Waals surface area contributed by atoms with Crippen LogP contribution < -0.4 is 15.5 Å². The minimum atomic E-state index is -0.366. The SMILES string of the molecule is C[C@H]1CCC[NH+](CC(=O)Nc2ccccc2C(=O)Nc2ccc(F)cc2)C1. The van der Waals surface area contributed by atoms with Gasteiger partial charge in [-0.25, -0.2) is 4.39 Å². The van der Waals surface area contributed by atoms with Gasteiger partial charge in [0.2, 0.25) is 0 Å². The fourth-order valence-electron chi connectivity index (χ4n) is 3.50. The zero-order valence-electron chi connectivity index (χ0n) is 15.4. The van der Waals surface area contributed by atoms with Crippen LogP contribution in [0.5, 0.6) is 0 Å². The second-order valence-corrected chi connectivity index (χ2v) is 7.18. The first kappa shape index (κ1) is 19.0. The lowest BCUT2D eigenvalue weighted by Crippen LogP contribution is -3.14. The van der Waals surface area contributed by atoms with Crippen molar-refractivity contribution in [2.45, 2.75) is 19.8 Å². The van der Waals surface area contributed by atoms with Crippen molar-refractivity contribution in [3.8, 4) is 0 Å². The molecule has 27 heavy (non-hydrogen) atoms. The van der Waals surface area contributed by atoms with Crippen molar-refractivity contribution >= 4 is 23.2 Å². The molecule has 0 spiro atoms. The number of hydrogen-bond donors (Lipinski definition) is 3. The van der Waals surface area contributed by atoms with Gasteiger partial charge in [-0.15, -0.1) is 0 Å². The molecule has 1 fully saturated rings. The molecule has 0 radical (unpaired) electrons. The molecule has 142 valence electrons. The first-order valence-corrected chi connectivity index (χ1v) is 9.30. The maximum absolute atomic E-state index is 13.0. The van der Waals surface area contributed by atoms with Gasteiger partial charge in [-0.3, -0.25) is 9.59 Å². The van der Waals surface area contributed by atoms with E-state index in [-0.39, 0.29) is 17.6 Å². The Balaban J connectivity index is 1.65. The Hall–Kier alpha value is -2.73. The number of amides is 2. The average molecular weight is 370 g/mol. The molecule has 1 heterocycles. The van der Waals surface area contributed by atoms with E-state index in [0.29, 0.717) is 29.4 Å². The quantitative estimate of drug-likeness (QED) is 0.757. The van der Waals surface area contributed by atoms with Crippen molar-refractivity contribution in [1.82, 2.24) is 0 Å². The smallest absolute Gasteiger partial charge is 0.279 e. The van der Waals surface area contributed by atoms with E-state index in [0.717, 1.165) is 19.5 Å². The molecule has 2 atom stereocenters. The molecule has 1 saturated heterocycles. The summed E-state index contributed by atoms with van der Waals surface area (Å²) in [7, 11) is 0.